The number of esters is 1. The first-order valence-electron chi connectivity index (χ1n) is 16.6. The molecule has 0 bridgehead atoms. The van der Waals surface area contributed by atoms with Crippen LogP contribution in [0.4, 0.5) is 0 Å². The minimum atomic E-state index is -1.34. The van der Waals surface area contributed by atoms with Crippen LogP contribution in [0.2, 0.25) is 0 Å². The molecule has 248 valence electrons. The molecule has 10 heteroatoms. The van der Waals surface area contributed by atoms with Crippen LogP contribution >= 0.6 is 0 Å². The van der Waals surface area contributed by atoms with Gasteiger partial charge in [-0.05, 0) is 77.9 Å². The van der Waals surface area contributed by atoms with Gasteiger partial charge in [-0.1, -0.05) is 34.6 Å². The maximum absolute atomic E-state index is 14.0. The second kappa shape index (κ2) is 10.5. The molecule has 0 aromatic rings. The number of aliphatic hydroxyl groups excluding tert-OH is 4. The van der Waals surface area contributed by atoms with Crippen molar-refractivity contribution in [3.05, 3.63) is 0 Å². The first-order valence-corrected chi connectivity index (χ1v) is 16.6. The van der Waals surface area contributed by atoms with Crippen molar-refractivity contribution in [3.8, 4) is 0 Å². The highest BCUT2D eigenvalue weighted by Crippen LogP contribution is 2.89. The minimum Gasteiger partial charge on any atom is -0.462 e. The Kier molecular flexibility index (Phi) is 7.79. The third-order valence-electron chi connectivity index (χ3n) is 14.3. The maximum Gasteiger partial charge on any atom is 0.302 e. The van der Waals surface area contributed by atoms with Gasteiger partial charge in [0, 0.05) is 31.1 Å². The van der Waals surface area contributed by atoms with Gasteiger partial charge in [-0.15, -0.1) is 0 Å². The van der Waals surface area contributed by atoms with Gasteiger partial charge >= 0.3 is 5.97 Å². The fourth-order valence-corrected chi connectivity index (χ4v) is 12.4. The van der Waals surface area contributed by atoms with Crippen LogP contribution < -0.4 is 0 Å². The third kappa shape index (κ3) is 4.23. The molecule has 6 aliphatic rings. The molecule has 44 heavy (non-hydrogen) atoms. The van der Waals surface area contributed by atoms with Crippen molar-refractivity contribution in [3.63, 3.8) is 0 Å². The highest BCUT2D eigenvalue weighted by molar-refractivity contribution is 5.88. The number of fused-ring (bicyclic) bond motifs is 2. The summed E-state index contributed by atoms with van der Waals surface area (Å²) >= 11 is 0. The van der Waals surface area contributed by atoms with Gasteiger partial charge in [-0.3, -0.25) is 14.4 Å². The first kappa shape index (κ1) is 32.5. The molecule has 0 radical (unpaired) electrons. The van der Waals surface area contributed by atoms with Gasteiger partial charge in [0.2, 0.25) is 0 Å². The molecule has 6 rings (SSSR count). The molecular weight excluding hydrogens is 568 g/mol. The SMILES string of the molecule is CC(=O)OC1CC23CC24CCC(OC2OCC(O)C(O)C2O)C(C)(C)C4CCC3C2(C)CC(=O)C(C(C)CC(=O)CO)C12C. The Balaban J connectivity index is 1.31. The van der Waals surface area contributed by atoms with Gasteiger partial charge in [0.15, 0.2) is 12.1 Å². The van der Waals surface area contributed by atoms with Crippen LogP contribution in [0, 0.1) is 50.7 Å². The number of hydrogen-bond donors (Lipinski definition) is 4. The molecule has 10 nitrogen and oxygen atoms in total. The molecule has 0 aromatic carbocycles. The summed E-state index contributed by atoms with van der Waals surface area (Å²) in [4.78, 5) is 38.9. The van der Waals surface area contributed by atoms with E-state index in [-0.39, 0.29) is 64.7 Å². The zero-order valence-electron chi connectivity index (χ0n) is 27.1. The lowest BCUT2D eigenvalue weighted by molar-refractivity contribution is -0.303. The molecule has 1 aliphatic heterocycles. The average molecular weight is 621 g/mol. The lowest BCUT2D eigenvalue weighted by atomic mass is 9.41. The number of rotatable bonds is 7. The molecule has 5 saturated carbocycles. The summed E-state index contributed by atoms with van der Waals surface area (Å²) in [5, 5.41) is 40.2. The normalized spacial score (nSPS) is 51.3. The number of ketones is 2. The predicted molar refractivity (Wildman–Crippen MR) is 157 cm³/mol. The topological polar surface area (TPSA) is 160 Å². The Morgan fingerprint density at radius 1 is 1.00 bits per heavy atom. The molecule has 4 N–H and O–H groups in total. The van der Waals surface area contributed by atoms with Crippen LogP contribution in [0.15, 0.2) is 0 Å². The van der Waals surface area contributed by atoms with Crippen molar-refractivity contribution in [2.24, 2.45) is 50.7 Å². The van der Waals surface area contributed by atoms with Gasteiger partial charge in [0.25, 0.3) is 0 Å². The lowest BCUT2D eigenvalue weighted by Crippen LogP contribution is -2.63. The van der Waals surface area contributed by atoms with E-state index >= 15 is 0 Å². The Morgan fingerprint density at radius 3 is 2.34 bits per heavy atom. The Hall–Kier alpha value is -1.43. The molecule has 14 atom stereocenters. The minimum absolute atomic E-state index is 0.0172. The smallest absolute Gasteiger partial charge is 0.302 e. The fraction of sp³-hybridized carbons (Fsp3) is 0.912. The van der Waals surface area contributed by atoms with Crippen LogP contribution in [0.3, 0.4) is 0 Å². The quantitative estimate of drug-likeness (QED) is 0.246. The molecule has 5 aliphatic carbocycles. The van der Waals surface area contributed by atoms with Crippen molar-refractivity contribution in [1.82, 2.24) is 0 Å². The summed E-state index contributed by atoms with van der Waals surface area (Å²) in [5.41, 5.74) is -1.38. The first-order chi connectivity index (χ1) is 20.5. The molecule has 1 saturated heterocycles. The molecule has 2 spiro atoms. The number of aliphatic hydroxyl groups is 4. The van der Waals surface area contributed by atoms with E-state index in [0.717, 1.165) is 32.1 Å². The molecule has 6 fully saturated rings. The van der Waals surface area contributed by atoms with E-state index in [1.807, 2.05) is 6.92 Å². The van der Waals surface area contributed by atoms with Crippen LogP contribution in [-0.4, -0.2) is 88.0 Å². The van der Waals surface area contributed by atoms with E-state index < -0.39 is 54.1 Å². The summed E-state index contributed by atoms with van der Waals surface area (Å²) in [6, 6.07) is 0. The van der Waals surface area contributed by atoms with Crippen LogP contribution in [0.1, 0.15) is 92.9 Å². The standard InChI is InChI=1S/C34H52O10/c1-17(11-19(37)14-35)26-20(38)12-31(5)23-8-7-22-30(3,4)24(44-29-28(41)27(40)21(39)15-42-29)9-10-33(22)16-34(23,33)13-25(32(26,31)6)43-18(2)36/h17,21-29,35,39-41H,7-16H2,1-6H3. The average Bonchev–Trinajstić information content (AvgIpc) is 3.53. The molecule has 1 heterocycles. The highest BCUT2D eigenvalue weighted by atomic mass is 16.7. The molecule has 0 aromatic heterocycles. The number of ether oxygens (including phenoxy) is 3. The molecular formula is C34H52O10. The number of Topliss-reactive ketones (excluding diaryl/α,β-unsaturated/α-hetero) is 2. The summed E-state index contributed by atoms with van der Waals surface area (Å²) in [5.74, 6) is -0.632. The summed E-state index contributed by atoms with van der Waals surface area (Å²) < 4.78 is 18.2. The Labute approximate surface area is 260 Å². The fourth-order valence-electron chi connectivity index (χ4n) is 12.4. The summed E-state index contributed by atoms with van der Waals surface area (Å²) in [6.45, 7) is 11.5. The number of carbonyl (C=O) groups is 3. The second-order valence-corrected chi connectivity index (χ2v) is 16.4. The van der Waals surface area contributed by atoms with Gasteiger partial charge in [0.1, 0.15) is 36.8 Å². The largest absolute Gasteiger partial charge is 0.462 e. The van der Waals surface area contributed by atoms with E-state index in [9.17, 15) is 34.8 Å². The van der Waals surface area contributed by atoms with Crippen LogP contribution in [0.5, 0.6) is 0 Å². The van der Waals surface area contributed by atoms with E-state index in [1.54, 1.807) is 0 Å². The summed E-state index contributed by atoms with van der Waals surface area (Å²) in [6.07, 6.45) is 0.293. The van der Waals surface area contributed by atoms with Crippen molar-refractivity contribution >= 4 is 17.5 Å². The number of carbonyl (C=O) groups excluding carboxylic acids is 3. The molecule has 14 unspecified atom stereocenters. The monoisotopic (exact) mass is 620 g/mol. The highest BCUT2D eigenvalue weighted by Gasteiger charge is 2.85. The van der Waals surface area contributed by atoms with Crippen molar-refractivity contribution in [2.75, 3.05) is 13.2 Å². The Morgan fingerprint density at radius 2 is 1.68 bits per heavy atom. The number of hydrogen-bond acceptors (Lipinski definition) is 10. The third-order valence-corrected chi connectivity index (χ3v) is 14.3. The van der Waals surface area contributed by atoms with E-state index in [2.05, 4.69) is 27.7 Å². The van der Waals surface area contributed by atoms with Gasteiger partial charge in [-0.2, -0.15) is 0 Å². The van der Waals surface area contributed by atoms with Crippen molar-refractivity contribution < 1.29 is 49.0 Å². The van der Waals surface area contributed by atoms with E-state index in [1.165, 1.54) is 6.92 Å². The van der Waals surface area contributed by atoms with E-state index in [0.29, 0.717) is 18.8 Å². The van der Waals surface area contributed by atoms with Crippen molar-refractivity contribution in [2.45, 2.75) is 130 Å². The molecule has 0 amide bonds. The van der Waals surface area contributed by atoms with Crippen LogP contribution in [0.25, 0.3) is 0 Å². The van der Waals surface area contributed by atoms with Gasteiger partial charge in [-0.25, -0.2) is 0 Å². The lowest BCUT2D eigenvalue weighted by Gasteiger charge is -2.64. The van der Waals surface area contributed by atoms with E-state index in [4.69, 9.17) is 14.2 Å². The maximum atomic E-state index is 14.0. The van der Waals surface area contributed by atoms with Gasteiger partial charge < -0.3 is 34.6 Å². The zero-order chi connectivity index (χ0) is 32.2. The predicted octanol–water partition coefficient (Wildman–Crippen LogP) is 2.56. The van der Waals surface area contributed by atoms with Crippen molar-refractivity contribution in [1.29, 1.82) is 0 Å². The zero-order valence-corrected chi connectivity index (χ0v) is 27.1. The summed E-state index contributed by atoms with van der Waals surface area (Å²) in [7, 11) is 0. The van der Waals surface area contributed by atoms with Crippen LogP contribution in [-0.2, 0) is 28.6 Å². The second-order valence-electron chi connectivity index (χ2n) is 16.4. The Bertz CT molecular complexity index is 1200. The van der Waals surface area contributed by atoms with Gasteiger partial charge in [0.05, 0.1) is 12.7 Å².